The lowest BCUT2D eigenvalue weighted by Gasteiger charge is -2.12. The quantitative estimate of drug-likeness (QED) is 0.669. The van der Waals surface area contributed by atoms with Gasteiger partial charge in [0.25, 0.3) is 0 Å². The zero-order valence-electron chi connectivity index (χ0n) is 12.9. The zero-order chi connectivity index (χ0) is 15.1. The van der Waals surface area contributed by atoms with Gasteiger partial charge in [-0.1, -0.05) is 35.9 Å². The predicted octanol–water partition coefficient (Wildman–Crippen LogP) is 2.56. The second kappa shape index (κ2) is 7.43. The molecular weight excluding hydrogens is 260 g/mol. The maximum Gasteiger partial charge on any atom is 0.191 e. The van der Waals surface area contributed by atoms with Crippen molar-refractivity contribution < 1.29 is 0 Å². The number of pyridine rings is 1. The van der Waals surface area contributed by atoms with Gasteiger partial charge in [0, 0.05) is 19.3 Å². The molecule has 2 aromatic rings. The molecule has 2 N–H and O–H groups in total. The van der Waals surface area contributed by atoms with E-state index in [1.165, 1.54) is 11.1 Å². The molecular formula is C17H22N4. The fourth-order valence-corrected chi connectivity index (χ4v) is 2.10. The van der Waals surface area contributed by atoms with Gasteiger partial charge in [-0.05, 0) is 31.5 Å². The highest BCUT2D eigenvalue weighted by Gasteiger charge is 2.00. The number of hydrogen-bond acceptors (Lipinski definition) is 2. The molecule has 0 aliphatic heterocycles. The molecule has 21 heavy (non-hydrogen) atoms. The highest BCUT2D eigenvalue weighted by atomic mass is 15.2. The van der Waals surface area contributed by atoms with Crippen molar-refractivity contribution in [1.29, 1.82) is 0 Å². The van der Waals surface area contributed by atoms with Crippen LogP contribution in [0.1, 0.15) is 22.5 Å². The molecule has 2 rings (SSSR count). The SMILES string of the molecule is CN=C(NCc1cccc(C)c1)NCc1cccc(C)n1. The maximum absolute atomic E-state index is 4.46. The predicted molar refractivity (Wildman–Crippen MR) is 87.2 cm³/mol. The summed E-state index contributed by atoms with van der Waals surface area (Å²) in [6, 6.07) is 14.5. The summed E-state index contributed by atoms with van der Waals surface area (Å²) >= 11 is 0. The Kier molecular flexibility index (Phi) is 5.32. The van der Waals surface area contributed by atoms with Gasteiger partial charge in [0.1, 0.15) is 0 Å². The Morgan fingerprint density at radius 2 is 1.81 bits per heavy atom. The van der Waals surface area contributed by atoms with Gasteiger partial charge in [0.2, 0.25) is 0 Å². The number of nitrogens with one attached hydrogen (secondary N) is 2. The molecule has 0 fully saturated rings. The first kappa shape index (κ1) is 15.0. The molecule has 0 amide bonds. The van der Waals surface area contributed by atoms with Gasteiger partial charge < -0.3 is 10.6 Å². The number of benzene rings is 1. The summed E-state index contributed by atoms with van der Waals surface area (Å²) in [7, 11) is 1.77. The minimum atomic E-state index is 0.662. The molecule has 0 spiro atoms. The standard InChI is InChI=1S/C17H22N4/c1-13-6-4-8-15(10-13)11-19-17(18-3)20-12-16-9-5-7-14(2)21-16/h4-10H,11-12H2,1-3H3,(H2,18,19,20). The van der Waals surface area contributed by atoms with Crippen molar-refractivity contribution in [2.24, 2.45) is 4.99 Å². The van der Waals surface area contributed by atoms with Crippen LogP contribution < -0.4 is 10.6 Å². The lowest BCUT2D eigenvalue weighted by Crippen LogP contribution is -2.36. The molecule has 4 nitrogen and oxygen atoms in total. The smallest absolute Gasteiger partial charge is 0.191 e. The van der Waals surface area contributed by atoms with Crippen LogP contribution >= 0.6 is 0 Å². The van der Waals surface area contributed by atoms with Crippen molar-refractivity contribution in [3.8, 4) is 0 Å². The summed E-state index contributed by atoms with van der Waals surface area (Å²) in [5.41, 5.74) is 4.54. The molecule has 0 unspecified atom stereocenters. The number of guanidine groups is 1. The van der Waals surface area contributed by atoms with E-state index in [1.807, 2.05) is 25.1 Å². The van der Waals surface area contributed by atoms with Crippen molar-refractivity contribution in [2.45, 2.75) is 26.9 Å². The Balaban J connectivity index is 1.86. The monoisotopic (exact) mass is 282 g/mol. The molecule has 4 heteroatoms. The molecule has 0 aliphatic rings. The molecule has 0 saturated heterocycles. The second-order valence-corrected chi connectivity index (χ2v) is 5.04. The Morgan fingerprint density at radius 3 is 2.52 bits per heavy atom. The average molecular weight is 282 g/mol. The lowest BCUT2D eigenvalue weighted by atomic mass is 10.1. The van der Waals surface area contributed by atoms with Gasteiger partial charge in [-0.25, -0.2) is 0 Å². The molecule has 0 radical (unpaired) electrons. The third-order valence-electron chi connectivity index (χ3n) is 3.15. The van der Waals surface area contributed by atoms with Gasteiger partial charge in [-0.2, -0.15) is 0 Å². The van der Waals surface area contributed by atoms with E-state index >= 15 is 0 Å². The normalized spacial score (nSPS) is 11.3. The maximum atomic E-state index is 4.46. The van der Waals surface area contributed by atoms with Crippen molar-refractivity contribution in [3.05, 3.63) is 65.0 Å². The van der Waals surface area contributed by atoms with E-state index in [0.717, 1.165) is 23.9 Å². The van der Waals surface area contributed by atoms with Crippen molar-refractivity contribution in [3.63, 3.8) is 0 Å². The average Bonchev–Trinajstić information content (AvgIpc) is 2.47. The minimum absolute atomic E-state index is 0.662. The van der Waals surface area contributed by atoms with Crippen molar-refractivity contribution >= 4 is 5.96 Å². The molecule has 1 aromatic carbocycles. The van der Waals surface area contributed by atoms with Crippen molar-refractivity contribution in [2.75, 3.05) is 7.05 Å². The van der Waals surface area contributed by atoms with Gasteiger partial charge in [0.15, 0.2) is 5.96 Å². The highest BCUT2D eigenvalue weighted by molar-refractivity contribution is 5.79. The van der Waals surface area contributed by atoms with E-state index in [4.69, 9.17) is 0 Å². The minimum Gasteiger partial charge on any atom is -0.352 e. The fourth-order valence-electron chi connectivity index (χ4n) is 2.10. The number of hydrogen-bond donors (Lipinski definition) is 2. The van der Waals surface area contributed by atoms with Crippen LogP contribution in [0.4, 0.5) is 0 Å². The molecule has 0 saturated carbocycles. The summed E-state index contributed by atoms with van der Waals surface area (Å²) in [4.78, 5) is 8.69. The topological polar surface area (TPSA) is 49.3 Å². The first-order valence-electron chi connectivity index (χ1n) is 7.10. The van der Waals surface area contributed by atoms with Gasteiger partial charge in [-0.15, -0.1) is 0 Å². The zero-order valence-corrected chi connectivity index (χ0v) is 12.9. The molecule has 110 valence electrons. The van der Waals surface area contributed by atoms with Gasteiger partial charge in [0.05, 0.1) is 12.2 Å². The molecule has 1 aromatic heterocycles. The molecule has 0 aliphatic carbocycles. The molecule has 0 atom stereocenters. The van der Waals surface area contributed by atoms with E-state index in [2.05, 4.69) is 51.8 Å². The highest BCUT2D eigenvalue weighted by Crippen LogP contribution is 2.03. The van der Waals surface area contributed by atoms with Crippen LogP contribution in [0.3, 0.4) is 0 Å². The number of aryl methyl sites for hydroxylation is 2. The number of aliphatic imine (C=N–C) groups is 1. The van der Waals surface area contributed by atoms with Crippen molar-refractivity contribution in [1.82, 2.24) is 15.6 Å². The van der Waals surface area contributed by atoms with Gasteiger partial charge >= 0.3 is 0 Å². The summed E-state index contributed by atoms with van der Waals surface area (Å²) in [6.45, 7) is 5.51. The van der Waals surface area contributed by atoms with Crippen LogP contribution in [0, 0.1) is 13.8 Å². The lowest BCUT2D eigenvalue weighted by molar-refractivity contribution is 0.791. The Bertz CT molecular complexity index is 568. The van der Waals surface area contributed by atoms with E-state index in [0.29, 0.717) is 6.54 Å². The summed E-state index contributed by atoms with van der Waals surface area (Å²) in [5, 5.41) is 6.58. The number of aromatic nitrogens is 1. The second-order valence-electron chi connectivity index (χ2n) is 5.04. The Hall–Kier alpha value is -2.36. The summed E-state index contributed by atoms with van der Waals surface area (Å²) in [6.07, 6.45) is 0. The summed E-state index contributed by atoms with van der Waals surface area (Å²) < 4.78 is 0. The fraction of sp³-hybridized carbons (Fsp3) is 0.294. The Labute approximate surface area is 126 Å². The number of nitrogens with zero attached hydrogens (tertiary/aromatic N) is 2. The molecule has 0 bridgehead atoms. The first-order valence-corrected chi connectivity index (χ1v) is 7.10. The number of rotatable bonds is 4. The van der Waals surface area contributed by atoms with Crippen LogP contribution in [-0.2, 0) is 13.1 Å². The van der Waals surface area contributed by atoms with E-state index in [-0.39, 0.29) is 0 Å². The van der Waals surface area contributed by atoms with Crippen LogP contribution in [0.2, 0.25) is 0 Å². The largest absolute Gasteiger partial charge is 0.352 e. The van der Waals surface area contributed by atoms with E-state index in [1.54, 1.807) is 7.05 Å². The Morgan fingerprint density at radius 1 is 1.05 bits per heavy atom. The van der Waals surface area contributed by atoms with Gasteiger partial charge in [-0.3, -0.25) is 9.98 Å². The van der Waals surface area contributed by atoms with Crippen LogP contribution in [0.15, 0.2) is 47.5 Å². The summed E-state index contributed by atoms with van der Waals surface area (Å²) in [5.74, 6) is 0.778. The van der Waals surface area contributed by atoms with Crippen LogP contribution in [0.5, 0.6) is 0 Å². The van der Waals surface area contributed by atoms with E-state index in [9.17, 15) is 0 Å². The molecule has 1 heterocycles. The van der Waals surface area contributed by atoms with Crippen LogP contribution in [0.25, 0.3) is 0 Å². The van der Waals surface area contributed by atoms with E-state index < -0.39 is 0 Å². The first-order chi connectivity index (χ1) is 10.2. The van der Waals surface area contributed by atoms with Crippen LogP contribution in [-0.4, -0.2) is 18.0 Å². The third kappa shape index (κ3) is 4.91. The third-order valence-corrected chi connectivity index (χ3v) is 3.15.